The van der Waals surface area contributed by atoms with Crippen molar-refractivity contribution in [2.24, 2.45) is 0 Å². The van der Waals surface area contributed by atoms with Crippen molar-refractivity contribution >= 4 is 7.92 Å². The molecule has 0 bridgehead atoms. The van der Waals surface area contributed by atoms with Crippen molar-refractivity contribution in [3.8, 4) is 0 Å². The lowest BCUT2D eigenvalue weighted by atomic mass is 10.2. The van der Waals surface area contributed by atoms with Crippen molar-refractivity contribution in [3.05, 3.63) is 0 Å². The van der Waals surface area contributed by atoms with Crippen LogP contribution in [0.2, 0.25) is 0 Å². The van der Waals surface area contributed by atoms with E-state index in [0.717, 1.165) is 5.66 Å². The molecule has 0 nitrogen and oxygen atoms in total. The molecule has 0 atom stereocenters. The standard InChI is InChI=1S/C9H19P/c1-9(2)10-7-5-3-4-6-8-10/h9H,3-8H2,1-2H3. The second kappa shape index (κ2) is 4.34. The van der Waals surface area contributed by atoms with Crippen molar-refractivity contribution in [2.75, 3.05) is 12.3 Å². The van der Waals surface area contributed by atoms with E-state index < -0.39 is 0 Å². The van der Waals surface area contributed by atoms with Crippen LogP contribution in [-0.4, -0.2) is 18.0 Å². The van der Waals surface area contributed by atoms with Crippen LogP contribution in [0.3, 0.4) is 0 Å². The molecule has 1 heteroatoms. The van der Waals surface area contributed by atoms with Crippen molar-refractivity contribution in [1.29, 1.82) is 0 Å². The molecule has 0 unspecified atom stereocenters. The minimum atomic E-state index is 0.443. The van der Waals surface area contributed by atoms with Crippen LogP contribution in [0, 0.1) is 0 Å². The molecule has 0 N–H and O–H groups in total. The van der Waals surface area contributed by atoms with Crippen LogP contribution < -0.4 is 0 Å². The van der Waals surface area contributed by atoms with E-state index in [1.807, 2.05) is 0 Å². The lowest BCUT2D eigenvalue weighted by Gasteiger charge is -2.18. The summed E-state index contributed by atoms with van der Waals surface area (Å²) >= 11 is 0. The fourth-order valence-electron chi connectivity index (χ4n) is 1.61. The summed E-state index contributed by atoms with van der Waals surface area (Å²) in [4.78, 5) is 0. The van der Waals surface area contributed by atoms with Gasteiger partial charge in [0.25, 0.3) is 0 Å². The van der Waals surface area contributed by atoms with E-state index in [4.69, 9.17) is 0 Å². The van der Waals surface area contributed by atoms with Crippen LogP contribution in [0.4, 0.5) is 0 Å². The van der Waals surface area contributed by atoms with Gasteiger partial charge in [0.2, 0.25) is 0 Å². The zero-order valence-corrected chi connectivity index (χ0v) is 8.16. The highest BCUT2D eigenvalue weighted by atomic mass is 31.1. The Morgan fingerprint density at radius 3 is 1.80 bits per heavy atom. The molecule has 1 rings (SSSR count). The summed E-state index contributed by atoms with van der Waals surface area (Å²) in [5, 5.41) is 0. The summed E-state index contributed by atoms with van der Waals surface area (Å²) in [5.74, 6) is 0. The topological polar surface area (TPSA) is 0 Å². The maximum atomic E-state index is 2.40. The van der Waals surface area contributed by atoms with Gasteiger partial charge in [0.05, 0.1) is 0 Å². The summed E-state index contributed by atoms with van der Waals surface area (Å²) < 4.78 is 0. The van der Waals surface area contributed by atoms with Crippen LogP contribution in [0.15, 0.2) is 0 Å². The highest BCUT2D eigenvalue weighted by Gasteiger charge is 2.13. The molecule has 1 heterocycles. The monoisotopic (exact) mass is 158 g/mol. The lowest BCUT2D eigenvalue weighted by molar-refractivity contribution is 0.726. The van der Waals surface area contributed by atoms with Crippen molar-refractivity contribution in [3.63, 3.8) is 0 Å². The van der Waals surface area contributed by atoms with Crippen molar-refractivity contribution in [1.82, 2.24) is 0 Å². The third-order valence-electron chi connectivity index (χ3n) is 2.37. The average molecular weight is 158 g/mol. The third kappa shape index (κ3) is 2.58. The molecule has 0 aromatic carbocycles. The van der Waals surface area contributed by atoms with Gasteiger partial charge >= 0.3 is 0 Å². The van der Waals surface area contributed by atoms with E-state index in [9.17, 15) is 0 Å². The highest BCUT2D eigenvalue weighted by molar-refractivity contribution is 7.58. The average Bonchev–Trinajstić information content (AvgIpc) is 2.12. The van der Waals surface area contributed by atoms with Gasteiger partial charge in [-0.3, -0.25) is 0 Å². The van der Waals surface area contributed by atoms with E-state index >= 15 is 0 Å². The molecule has 1 aliphatic heterocycles. The van der Waals surface area contributed by atoms with Gasteiger partial charge in [-0.1, -0.05) is 26.7 Å². The summed E-state index contributed by atoms with van der Waals surface area (Å²) in [5.41, 5.74) is 0.994. The largest absolute Gasteiger partial charge is 0.104 e. The smallest absolute Gasteiger partial charge is 0.0266 e. The Bertz CT molecular complexity index is 80.7. The Kier molecular flexibility index (Phi) is 3.70. The van der Waals surface area contributed by atoms with Gasteiger partial charge in [-0.25, -0.2) is 0 Å². The number of hydrogen-bond acceptors (Lipinski definition) is 0. The summed E-state index contributed by atoms with van der Waals surface area (Å²) in [7, 11) is 0.443. The molecule has 0 aromatic heterocycles. The zero-order valence-electron chi connectivity index (χ0n) is 7.27. The van der Waals surface area contributed by atoms with E-state index in [1.165, 1.54) is 25.7 Å². The Labute approximate surface area is 66.2 Å². The molecule has 0 spiro atoms. The van der Waals surface area contributed by atoms with Gasteiger partial charge in [-0.2, -0.15) is 0 Å². The molecule has 60 valence electrons. The molecule has 0 saturated carbocycles. The van der Waals surface area contributed by atoms with Gasteiger partial charge in [0.1, 0.15) is 0 Å². The Morgan fingerprint density at radius 2 is 1.40 bits per heavy atom. The predicted molar refractivity (Wildman–Crippen MR) is 50.3 cm³/mol. The van der Waals surface area contributed by atoms with E-state index in [1.54, 1.807) is 12.3 Å². The molecule has 0 aromatic rings. The summed E-state index contributed by atoms with van der Waals surface area (Å²) in [6.07, 6.45) is 9.17. The fraction of sp³-hybridized carbons (Fsp3) is 1.00. The van der Waals surface area contributed by atoms with E-state index in [-0.39, 0.29) is 0 Å². The van der Waals surface area contributed by atoms with Gasteiger partial charge in [0, 0.05) is 0 Å². The second-order valence-corrected chi connectivity index (χ2v) is 6.65. The Balaban J connectivity index is 2.28. The molecule has 0 amide bonds. The summed E-state index contributed by atoms with van der Waals surface area (Å²) in [6.45, 7) is 4.80. The molecule has 0 aliphatic carbocycles. The molecule has 0 radical (unpaired) electrons. The molecular formula is C9H19P. The first-order valence-electron chi connectivity index (χ1n) is 4.55. The maximum absolute atomic E-state index is 2.40. The van der Waals surface area contributed by atoms with Crippen LogP contribution >= 0.6 is 7.92 Å². The molecule has 10 heavy (non-hydrogen) atoms. The van der Waals surface area contributed by atoms with Gasteiger partial charge < -0.3 is 0 Å². The van der Waals surface area contributed by atoms with Crippen LogP contribution in [-0.2, 0) is 0 Å². The minimum absolute atomic E-state index is 0.443. The van der Waals surface area contributed by atoms with Gasteiger partial charge in [-0.05, 0) is 30.8 Å². The normalized spacial score (nSPS) is 23.1. The Morgan fingerprint density at radius 1 is 0.900 bits per heavy atom. The lowest BCUT2D eigenvalue weighted by Crippen LogP contribution is -1.98. The SMILES string of the molecule is CC(C)P1CCCCCC1. The first-order valence-corrected chi connectivity index (χ1v) is 6.33. The molecule has 1 aliphatic rings. The van der Waals surface area contributed by atoms with E-state index in [0.29, 0.717) is 7.92 Å². The van der Waals surface area contributed by atoms with E-state index in [2.05, 4.69) is 13.8 Å². The summed E-state index contributed by atoms with van der Waals surface area (Å²) in [6, 6.07) is 0. The van der Waals surface area contributed by atoms with Crippen LogP contribution in [0.5, 0.6) is 0 Å². The van der Waals surface area contributed by atoms with Crippen molar-refractivity contribution < 1.29 is 0 Å². The quantitative estimate of drug-likeness (QED) is 0.513. The second-order valence-electron chi connectivity index (χ2n) is 3.54. The van der Waals surface area contributed by atoms with Gasteiger partial charge in [0.15, 0.2) is 0 Å². The minimum Gasteiger partial charge on any atom is -0.104 e. The first-order chi connectivity index (χ1) is 4.80. The highest BCUT2D eigenvalue weighted by Crippen LogP contribution is 2.44. The predicted octanol–water partition coefficient (Wildman–Crippen LogP) is 3.45. The number of rotatable bonds is 1. The molecular weight excluding hydrogens is 139 g/mol. The first kappa shape index (κ1) is 8.53. The molecule has 1 saturated heterocycles. The maximum Gasteiger partial charge on any atom is -0.0266 e. The number of hydrogen-bond donors (Lipinski definition) is 0. The zero-order chi connectivity index (χ0) is 7.40. The van der Waals surface area contributed by atoms with Crippen LogP contribution in [0.1, 0.15) is 39.5 Å². The fourth-order valence-corrected chi connectivity index (χ4v) is 4.13. The van der Waals surface area contributed by atoms with Gasteiger partial charge in [-0.15, -0.1) is 7.92 Å². The van der Waals surface area contributed by atoms with Crippen molar-refractivity contribution in [2.45, 2.75) is 45.2 Å². The Hall–Kier alpha value is 0.430. The van der Waals surface area contributed by atoms with Crippen LogP contribution in [0.25, 0.3) is 0 Å². The third-order valence-corrected chi connectivity index (χ3v) is 5.61. The molecule has 1 fully saturated rings.